The number of ketones is 1. The van der Waals surface area contributed by atoms with E-state index in [0.717, 1.165) is 0 Å². The maximum absolute atomic E-state index is 13.5. The fourth-order valence-electron chi connectivity index (χ4n) is 3.41. The molecule has 0 spiro atoms. The molecule has 0 aromatic heterocycles. The summed E-state index contributed by atoms with van der Waals surface area (Å²) in [4.78, 5) is 26.9. The Morgan fingerprint density at radius 2 is 1.34 bits per heavy atom. The number of aliphatic hydroxyl groups is 1. The molecule has 4 rings (SSSR count). The number of anilines is 1. The van der Waals surface area contributed by atoms with Crippen LogP contribution < -0.4 is 4.90 Å². The minimum absolute atomic E-state index is 0.114. The molecule has 0 saturated carbocycles. The van der Waals surface area contributed by atoms with Gasteiger partial charge >= 0.3 is 0 Å². The van der Waals surface area contributed by atoms with Gasteiger partial charge in [0.1, 0.15) is 17.4 Å². The zero-order valence-corrected chi connectivity index (χ0v) is 15.0. The summed E-state index contributed by atoms with van der Waals surface area (Å²) < 4.78 is 26.8. The molecule has 1 heterocycles. The standard InChI is InChI=1S/C23H15F2NO3/c24-16-8-6-14(7-9-16)20-19(21(27)15-4-2-1-3-5-15)22(28)23(29)26(20)18-12-10-17(25)11-13-18/h1-13,20,27H/t20-/m0/s1. The van der Waals surface area contributed by atoms with E-state index in [0.29, 0.717) is 11.1 Å². The summed E-state index contributed by atoms with van der Waals surface area (Å²) in [6.07, 6.45) is 0. The van der Waals surface area contributed by atoms with E-state index < -0.39 is 29.4 Å². The summed E-state index contributed by atoms with van der Waals surface area (Å²) in [5.74, 6) is -3.03. The molecule has 1 N–H and O–H groups in total. The van der Waals surface area contributed by atoms with E-state index in [9.17, 15) is 23.5 Å². The summed E-state index contributed by atoms with van der Waals surface area (Å²) >= 11 is 0. The Hall–Kier alpha value is -3.80. The second-order valence-corrected chi connectivity index (χ2v) is 6.56. The predicted octanol–water partition coefficient (Wildman–Crippen LogP) is 4.59. The smallest absolute Gasteiger partial charge is 0.300 e. The van der Waals surface area contributed by atoms with Gasteiger partial charge in [-0.25, -0.2) is 8.78 Å². The lowest BCUT2D eigenvalue weighted by Crippen LogP contribution is -2.29. The van der Waals surface area contributed by atoms with E-state index in [4.69, 9.17) is 0 Å². The highest BCUT2D eigenvalue weighted by molar-refractivity contribution is 6.51. The van der Waals surface area contributed by atoms with Crippen molar-refractivity contribution in [3.8, 4) is 0 Å². The van der Waals surface area contributed by atoms with Crippen LogP contribution in [0.15, 0.2) is 84.4 Å². The summed E-state index contributed by atoms with van der Waals surface area (Å²) in [5.41, 5.74) is 0.983. The van der Waals surface area contributed by atoms with Gasteiger partial charge in [0.05, 0.1) is 11.6 Å². The van der Waals surface area contributed by atoms with Crippen molar-refractivity contribution in [2.45, 2.75) is 6.04 Å². The van der Waals surface area contributed by atoms with Crippen molar-refractivity contribution in [3.05, 3.63) is 107 Å². The van der Waals surface area contributed by atoms with Crippen LogP contribution in [-0.4, -0.2) is 16.8 Å². The number of aliphatic hydroxyl groups excluding tert-OH is 1. The van der Waals surface area contributed by atoms with Gasteiger partial charge in [-0.15, -0.1) is 0 Å². The van der Waals surface area contributed by atoms with Gasteiger partial charge < -0.3 is 5.11 Å². The number of rotatable bonds is 3. The summed E-state index contributed by atoms with van der Waals surface area (Å²) in [6, 6.07) is 17.8. The van der Waals surface area contributed by atoms with E-state index in [2.05, 4.69) is 0 Å². The Morgan fingerprint density at radius 1 is 0.793 bits per heavy atom. The fourth-order valence-corrected chi connectivity index (χ4v) is 3.41. The molecule has 1 fully saturated rings. The Kier molecular flexibility index (Phi) is 4.68. The third-order valence-electron chi connectivity index (χ3n) is 4.78. The van der Waals surface area contributed by atoms with Crippen LogP contribution >= 0.6 is 0 Å². The number of nitrogens with zero attached hydrogens (tertiary/aromatic N) is 1. The molecule has 29 heavy (non-hydrogen) atoms. The number of Topliss-reactive ketones (excluding diaryl/α,β-unsaturated/α-hetero) is 1. The molecule has 1 amide bonds. The highest BCUT2D eigenvalue weighted by Crippen LogP contribution is 2.42. The molecular formula is C23H15F2NO3. The van der Waals surface area contributed by atoms with Crippen molar-refractivity contribution in [1.29, 1.82) is 0 Å². The van der Waals surface area contributed by atoms with E-state index >= 15 is 0 Å². The molecule has 1 saturated heterocycles. The zero-order chi connectivity index (χ0) is 20.5. The highest BCUT2D eigenvalue weighted by Gasteiger charge is 2.46. The second-order valence-electron chi connectivity index (χ2n) is 6.56. The molecule has 1 aliphatic heterocycles. The summed E-state index contributed by atoms with van der Waals surface area (Å²) in [7, 11) is 0. The normalized spacial score (nSPS) is 18.3. The van der Waals surface area contributed by atoms with Crippen molar-refractivity contribution in [3.63, 3.8) is 0 Å². The van der Waals surface area contributed by atoms with Crippen LogP contribution in [-0.2, 0) is 9.59 Å². The molecule has 0 aliphatic carbocycles. The number of carbonyl (C=O) groups excluding carboxylic acids is 2. The van der Waals surface area contributed by atoms with Crippen LogP contribution in [0.3, 0.4) is 0 Å². The lowest BCUT2D eigenvalue weighted by atomic mass is 9.95. The van der Waals surface area contributed by atoms with Crippen molar-refractivity contribution >= 4 is 23.1 Å². The lowest BCUT2D eigenvalue weighted by Gasteiger charge is -2.25. The zero-order valence-electron chi connectivity index (χ0n) is 15.0. The molecule has 144 valence electrons. The first-order valence-electron chi connectivity index (χ1n) is 8.85. The minimum atomic E-state index is -0.985. The monoisotopic (exact) mass is 391 g/mol. The number of hydrogen-bond acceptors (Lipinski definition) is 3. The van der Waals surface area contributed by atoms with Crippen molar-refractivity contribution in [2.75, 3.05) is 4.90 Å². The summed E-state index contributed by atoms with van der Waals surface area (Å²) in [6.45, 7) is 0. The minimum Gasteiger partial charge on any atom is -0.507 e. The highest BCUT2D eigenvalue weighted by atomic mass is 19.1. The van der Waals surface area contributed by atoms with Gasteiger partial charge in [-0.3, -0.25) is 14.5 Å². The number of hydrogen-bond donors (Lipinski definition) is 1. The van der Waals surface area contributed by atoms with Gasteiger partial charge in [0.25, 0.3) is 11.7 Å². The van der Waals surface area contributed by atoms with Crippen LogP contribution in [0.1, 0.15) is 17.2 Å². The van der Waals surface area contributed by atoms with Gasteiger partial charge in [0.2, 0.25) is 0 Å². The average molecular weight is 391 g/mol. The predicted molar refractivity (Wildman–Crippen MR) is 104 cm³/mol. The van der Waals surface area contributed by atoms with E-state index in [1.807, 2.05) is 0 Å². The van der Waals surface area contributed by atoms with Gasteiger partial charge in [0.15, 0.2) is 0 Å². The first-order valence-corrected chi connectivity index (χ1v) is 8.85. The van der Waals surface area contributed by atoms with Crippen LogP contribution in [0.4, 0.5) is 14.5 Å². The number of carbonyl (C=O) groups is 2. The maximum atomic E-state index is 13.5. The van der Waals surface area contributed by atoms with Crippen LogP contribution in [0.2, 0.25) is 0 Å². The SMILES string of the molecule is O=C1C(=O)N(c2ccc(F)cc2)[C@@H](c2ccc(F)cc2)C1=C(O)c1ccccc1. The summed E-state index contributed by atoms with van der Waals surface area (Å²) in [5, 5.41) is 10.8. The van der Waals surface area contributed by atoms with Crippen molar-refractivity contribution < 1.29 is 23.5 Å². The Labute approximate surface area is 165 Å². The van der Waals surface area contributed by atoms with E-state index in [-0.39, 0.29) is 17.0 Å². The van der Waals surface area contributed by atoms with Crippen LogP contribution in [0.5, 0.6) is 0 Å². The largest absolute Gasteiger partial charge is 0.507 e. The third kappa shape index (κ3) is 3.29. The first kappa shape index (κ1) is 18.6. The Bertz CT molecular complexity index is 1110. The maximum Gasteiger partial charge on any atom is 0.300 e. The van der Waals surface area contributed by atoms with E-state index in [1.54, 1.807) is 30.3 Å². The van der Waals surface area contributed by atoms with Gasteiger partial charge in [0, 0.05) is 11.3 Å². The van der Waals surface area contributed by atoms with Crippen LogP contribution in [0, 0.1) is 11.6 Å². The number of halogens is 2. The van der Waals surface area contributed by atoms with Gasteiger partial charge in [-0.2, -0.15) is 0 Å². The molecule has 3 aromatic rings. The first-order chi connectivity index (χ1) is 14.0. The quantitative estimate of drug-likeness (QED) is 0.404. The Balaban J connectivity index is 1.94. The molecule has 0 radical (unpaired) electrons. The molecule has 0 unspecified atom stereocenters. The van der Waals surface area contributed by atoms with Crippen molar-refractivity contribution in [2.24, 2.45) is 0 Å². The molecule has 1 aliphatic rings. The molecule has 0 bridgehead atoms. The lowest BCUT2D eigenvalue weighted by molar-refractivity contribution is -0.132. The molecule has 4 nitrogen and oxygen atoms in total. The molecule has 3 aromatic carbocycles. The Morgan fingerprint density at radius 3 is 1.93 bits per heavy atom. The second kappa shape index (κ2) is 7.31. The number of benzene rings is 3. The number of amides is 1. The topological polar surface area (TPSA) is 57.6 Å². The van der Waals surface area contributed by atoms with Crippen LogP contribution in [0.25, 0.3) is 5.76 Å². The fraction of sp³-hybridized carbons (Fsp3) is 0.0435. The van der Waals surface area contributed by atoms with E-state index in [1.165, 1.54) is 53.4 Å². The molecule has 1 atom stereocenters. The van der Waals surface area contributed by atoms with Gasteiger partial charge in [-0.1, -0.05) is 42.5 Å². The molecule has 6 heteroatoms. The average Bonchev–Trinajstić information content (AvgIpc) is 3.00. The van der Waals surface area contributed by atoms with Gasteiger partial charge in [-0.05, 0) is 42.0 Å². The molecular weight excluding hydrogens is 376 g/mol. The van der Waals surface area contributed by atoms with Crippen molar-refractivity contribution in [1.82, 2.24) is 0 Å². The third-order valence-corrected chi connectivity index (χ3v) is 4.78.